The van der Waals surface area contributed by atoms with Crippen molar-refractivity contribution < 1.29 is 14.0 Å². The van der Waals surface area contributed by atoms with Crippen LogP contribution in [0.5, 0.6) is 0 Å². The Balaban J connectivity index is 2.22. The van der Waals surface area contributed by atoms with Crippen molar-refractivity contribution in [3.63, 3.8) is 0 Å². The molecular weight excluding hydrogens is 412 g/mol. The van der Waals surface area contributed by atoms with Crippen molar-refractivity contribution in [1.82, 2.24) is 14.9 Å². The minimum Gasteiger partial charge on any atom is -0.464 e. The van der Waals surface area contributed by atoms with Gasteiger partial charge in [-0.1, -0.05) is 29.6 Å². The molecule has 2 amide bonds. The molecule has 0 radical (unpaired) electrons. The summed E-state index contributed by atoms with van der Waals surface area (Å²) < 4.78 is 9.71. The Hall–Kier alpha value is -3.00. The molecule has 7 nitrogen and oxygen atoms in total. The highest BCUT2D eigenvalue weighted by Gasteiger charge is 2.39. The Morgan fingerprint density at radius 1 is 1.16 bits per heavy atom. The molecule has 0 saturated heterocycles. The van der Waals surface area contributed by atoms with Crippen molar-refractivity contribution in [2.24, 2.45) is 0 Å². The van der Waals surface area contributed by atoms with E-state index in [0.29, 0.717) is 17.2 Å². The molecule has 3 aromatic rings. The van der Waals surface area contributed by atoms with E-state index < -0.39 is 17.5 Å². The molecule has 0 spiro atoms. The number of nitrogens with zero attached hydrogens (tertiary/aromatic N) is 3. The third kappa shape index (κ3) is 4.85. The zero-order valence-corrected chi connectivity index (χ0v) is 19.5. The minimum absolute atomic E-state index is 0.184. The monoisotopic (exact) mass is 440 g/mol. The van der Waals surface area contributed by atoms with E-state index in [2.05, 4.69) is 14.9 Å². The van der Waals surface area contributed by atoms with Gasteiger partial charge in [-0.25, -0.2) is 0 Å². The van der Waals surface area contributed by atoms with Gasteiger partial charge in [0.1, 0.15) is 11.5 Å². The third-order valence-electron chi connectivity index (χ3n) is 5.36. The molecule has 0 unspecified atom stereocenters. The molecule has 0 aliphatic rings. The van der Waals surface area contributed by atoms with Crippen LogP contribution in [-0.4, -0.2) is 26.9 Å². The van der Waals surface area contributed by atoms with Gasteiger partial charge in [0.15, 0.2) is 11.7 Å². The number of furan rings is 1. The molecule has 0 bridgehead atoms. The Bertz CT molecular complexity index is 1050. The van der Waals surface area contributed by atoms with Crippen LogP contribution in [0.4, 0.5) is 5.69 Å². The van der Waals surface area contributed by atoms with Crippen molar-refractivity contribution in [2.75, 3.05) is 4.90 Å². The van der Waals surface area contributed by atoms with Crippen LogP contribution in [0.15, 0.2) is 40.1 Å². The van der Waals surface area contributed by atoms with Crippen LogP contribution in [-0.2, 0) is 4.79 Å². The van der Waals surface area contributed by atoms with Crippen LogP contribution in [0, 0.1) is 20.8 Å². The van der Waals surface area contributed by atoms with E-state index in [-0.39, 0.29) is 11.6 Å². The lowest BCUT2D eigenvalue weighted by atomic mass is 9.99. The Morgan fingerprint density at radius 3 is 2.35 bits per heavy atom. The van der Waals surface area contributed by atoms with E-state index in [9.17, 15) is 9.59 Å². The SMILES string of the molecule is CCC(C)(C)NC(=O)[C@@H](c1ccc(C)o1)N(C(=O)c1csnn1)c1c(C)cccc1C. The summed E-state index contributed by atoms with van der Waals surface area (Å²) in [6, 6.07) is 8.28. The number of hydrogen-bond acceptors (Lipinski definition) is 6. The van der Waals surface area contributed by atoms with Crippen molar-refractivity contribution in [1.29, 1.82) is 0 Å². The molecule has 8 heteroatoms. The van der Waals surface area contributed by atoms with Gasteiger partial charge in [-0.3, -0.25) is 14.5 Å². The van der Waals surface area contributed by atoms with Crippen LogP contribution in [0.3, 0.4) is 0 Å². The first-order valence-electron chi connectivity index (χ1n) is 10.2. The lowest BCUT2D eigenvalue weighted by Gasteiger charge is -2.34. The van der Waals surface area contributed by atoms with Crippen molar-refractivity contribution >= 4 is 29.0 Å². The van der Waals surface area contributed by atoms with Gasteiger partial charge in [-0.15, -0.1) is 5.10 Å². The van der Waals surface area contributed by atoms with Crippen LogP contribution in [0.25, 0.3) is 0 Å². The maximum atomic E-state index is 13.7. The van der Waals surface area contributed by atoms with Crippen LogP contribution in [0.1, 0.15) is 66.4 Å². The molecule has 1 atom stereocenters. The van der Waals surface area contributed by atoms with Gasteiger partial charge in [0, 0.05) is 10.9 Å². The van der Waals surface area contributed by atoms with E-state index in [0.717, 1.165) is 29.1 Å². The van der Waals surface area contributed by atoms with Gasteiger partial charge in [0.2, 0.25) is 0 Å². The van der Waals surface area contributed by atoms with E-state index in [4.69, 9.17) is 4.42 Å². The number of para-hydroxylation sites is 1. The number of rotatable bonds is 7. The Kier molecular flexibility index (Phi) is 6.59. The summed E-state index contributed by atoms with van der Waals surface area (Å²) in [5.74, 6) is 0.322. The second-order valence-electron chi connectivity index (χ2n) is 8.28. The molecule has 0 saturated carbocycles. The number of benzene rings is 1. The second kappa shape index (κ2) is 9.01. The maximum absolute atomic E-state index is 13.7. The number of carbonyl (C=O) groups excluding carboxylic acids is 2. The van der Waals surface area contributed by atoms with Crippen molar-refractivity contribution in [3.05, 3.63) is 64.1 Å². The van der Waals surface area contributed by atoms with E-state index in [1.807, 2.05) is 59.7 Å². The number of hydrogen-bond donors (Lipinski definition) is 1. The number of aryl methyl sites for hydroxylation is 3. The van der Waals surface area contributed by atoms with Crippen molar-refractivity contribution in [3.8, 4) is 0 Å². The second-order valence-corrected chi connectivity index (χ2v) is 8.89. The predicted octanol–water partition coefficient (Wildman–Crippen LogP) is 4.75. The lowest BCUT2D eigenvalue weighted by molar-refractivity contribution is -0.124. The smallest absolute Gasteiger partial charge is 0.280 e. The third-order valence-corrected chi connectivity index (χ3v) is 5.87. The summed E-state index contributed by atoms with van der Waals surface area (Å²) in [6.07, 6.45) is 0.732. The summed E-state index contributed by atoms with van der Waals surface area (Å²) in [7, 11) is 0. The summed E-state index contributed by atoms with van der Waals surface area (Å²) >= 11 is 1.09. The molecule has 164 valence electrons. The van der Waals surface area contributed by atoms with Crippen LogP contribution in [0.2, 0.25) is 0 Å². The van der Waals surface area contributed by atoms with Crippen molar-refractivity contribution in [2.45, 2.75) is 59.5 Å². The predicted molar refractivity (Wildman–Crippen MR) is 121 cm³/mol. The molecule has 1 N–H and O–H groups in total. The highest BCUT2D eigenvalue weighted by molar-refractivity contribution is 7.03. The fourth-order valence-corrected chi connectivity index (χ4v) is 3.81. The Morgan fingerprint density at radius 2 is 1.84 bits per heavy atom. The molecule has 0 fully saturated rings. The summed E-state index contributed by atoms with van der Waals surface area (Å²) in [4.78, 5) is 28.8. The average Bonchev–Trinajstić information content (AvgIpc) is 3.38. The topological polar surface area (TPSA) is 88.3 Å². The van der Waals surface area contributed by atoms with Crippen LogP contribution < -0.4 is 10.2 Å². The minimum atomic E-state index is -1.01. The highest BCUT2D eigenvalue weighted by atomic mass is 32.1. The molecule has 0 aliphatic heterocycles. The lowest BCUT2D eigenvalue weighted by Crippen LogP contribution is -2.50. The summed E-state index contributed by atoms with van der Waals surface area (Å²) in [5, 5.41) is 8.63. The van der Waals surface area contributed by atoms with E-state index in [1.165, 1.54) is 4.90 Å². The van der Waals surface area contributed by atoms with Gasteiger partial charge < -0.3 is 9.73 Å². The first-order chi connectivity index (χ1) is 14.6. The fourth-order valence-electron chi connectivity index (χ4n) is 3.38. The van der Waals surface area contributed by atoms with E-state index >= 15 is 0 Å². The average molecular weight is 441 g/mol. The number of amides is 2. The summed E-state index contributed by atoms with van der Waals surface area (Å²) in [6.45, 7) is 11.5. The highest BCUT2D eigenvalue weighted by Crippen LogP contribution is 2.35. The van der Waals surface area contributed by atoms with Gasteiger partial charge in [-0.05, 0) is 75.8 Å². The number of anilines is 1. The first kappa shape index (κ1) is 22.7. The molecule has 1 aromatic carbocycles. The van der Waals surface area contributed by atoms with Gasteiger partial charge in [0.05, 0.1) is 5.69 Å². The molecular formula is C23H28N4O3S. The van der Waals surface area contributed by atoms with E-state index in [1.54, 1.807) is 17.5 Å². The molecule has 2 aromatic heterocycles. The zero-order chi connectivity index (χ0) is 22.8. The quantitative estimate of drug-likeness (QED) is 0.573. The van der Waals surface area contributed by atoms with Gasteiger partial charge >= 0.3 is 0 Å². The van der Waals surface area contributed by atoms with Crippen LogP contribution >= 0.6 is 11.5 Å². The number of aromatic nitrogens is 2. The first-order valence-corrected chi connectivity index (χ1v) is 11.0. The molecule has 3 rings (SSSR count). The summed E-state index contributed by atoms with van der Waals surface area (Å²) in [5.41, 5.74) is 2.13. The normalized spacial score (nSPS) is 12.5. The van der Waals surface area contributed by atoms with Gasteiger partial charge in [-0.2, -0.15) is 0 Å². The number of carbonyl (C=O) groups is 2. The molecule has 31 heavy (non-hydrogen) atoms. The standard InChI is InChI=1S/C23H28N4O3S/c1-7-23(5,6)24-21(28)20(18-12-11-16(4)30-18)27(22(29)17-13-31-26-25-17)19-14(2)9-8-10-15(19)3/h8-13,20H,7H2,1-6H3,(H,24,28)/t20-/m1/s1. The Labute approximate surface area is 186 Å². The fraction of sp³-hybridized carbons (Fsp3) is 0.391. The largest absolute Gasteiger partial charge is 0.464 e. The zero-order valence-electron chi connectivity index (χ0n) is 18.7. The maximum Gasteiger partial charge on any atom is 0.280 e. The van der Waals surface area contributed by atoms with Gasteiger partial charge in [0.25, 0.3) is 11.8 Å². The molecule has 2 heterocycles. The number of nitrogens with one attached hydrogen (secondary N) is 1. The molecule has 0 aliphatic carbocycles.